The van der Waals surface area contributed by atoms with E-state index in [2.05, 4.69) is 10.3 Å². The smallest absolute Gasteiger partial charge is 0.433 e. The van der Waals surface area contributed by atoms with E-state index in [1.165, 1.54) is 7.11 Å². The van der Waals surface area contributed by atoms with Crippen LogP contribution in [0.5, 0.6) is 0 Å². The van der Waals surface area contributed by atoms with Crippen LogP contribution in [0.15, 0.2) is 84.9 Å². The Labute approximate surface area is 227 Å². The van der Waals surface area contributed by atoms with Crippen LogP contribution in [-0.4, -0.2) is 53.4 Å². The monoisotopic (exact) mass is 524 g/mol. The van der Waals surface area contributed by atoms with Crippen LogP contribution in [0, 0.1) is 0 Å². The van der Waals surface area contributed by atoms with E-state index in [4.69, 9.17) is 9.72 Å². The Balaban J connectivity index is 1.65. The average Bonchev–Trinajstić information content (AvgIpc) is 3.00. The zero-order valence-electron chi connectivity index (χ0n) is 21.9. The zero-order valence-corrected chi connectivity index (χ0v) is 21.9. The van der Waals surface area contributed by atoms with Crippen molar-refractivity contribution in [2.75, 3.05) is 25.2 Å². The molecule has 1 aromatic heterocycles. The van der Waals surface area contributed by atoms with E-state index < -0.39 is 18.2 Å². The molecule has 1 aliphatic heterocycles. The maximum atomic E-state index is 14.1. The topological polar surface area (TPSA) is 95.0 Å². The first-order valence-corrected chi connectivity index (χ1v) is 13.2. The molecule has 5 rings (SSSR count). The highest BCUT2D eigenvalue weighted by atomic mass is 16.5. The van der Waals surface area contributed by atoms with E-state index in [0.717, 1.165) is 42.9 Å². The van der Waals surface area contributed by atoms with Crippen LogP contribution in [0.2, 0.25) is 0 Å². The number of nitrogens with zero attached hydrogens (tertiary/aromatic N) is 3. The third-order valence-corrected chi connectivity index (χ3v) is 7.05. The Hall–Kier alpha value is -4.27. The fourth-order valence-electron chi connectivity index (χ4n) is 5.11. The van der Waals surface area contributed by atoms with Gasteiger partial charge in [-0.25, -0.2) is 9.78 Å². The van der Waals surface area contributed by atoms with Crippen LogP contribution in [0.3, 0.4) is 0 Å². The lowest BCUT2D eigenvalue weighted by Crippen LogP contribution is -2.47. The number of methoxy groups -OCH3 is 1. The van der Waals surface area contributed by atoms with Crippen LogP contribution in [0.25, 0.3) is 22.2 Å². The number of amides is 2. The van der Waals surface area contributed by atoms with Gasteiger partial charge in [0.15, 0.2) is 0 Å². The van der Waals surface area contributed by atoms with Crippen molar-refractivity contribution in [2.24, 2.45) is 0 Å². The van der Waals surface area contributed by atoms with Gasteiger partial charge in [-0.05, 0) is 36.6 Å². The summed E-state index contributed by atoms with van der Waals surface area (Å²) in [5, 5.41) is 13.1. The van der Waals surface area contributed by atoms with Gasteiger partial charge in [-0.3, -0.25) is 15.1 Å². The quantitative estimate of drug-likeness (QED) is 0.338. The number of carbonyl (C=O) groups is 2. The molecule has 1 atom stereocenters. The summed E-state index contributed by atoms with van der Waals surface area (Å²) in [7, 11) is 1.26. The van der Waals surface area contributed by atoms with Gasteiger partial charge in [0.25, 0.3) is 5.91 Å². The summed E-state index contributed by atoms with van der Waals surface area (Å²) in [4.78, 5) is 33.9. The Kier molecular flexibility index (Phi) is 8.15. The van der Waals surface area contributed by atoms with E-state index in [-0.39, 0.29) is 6.42 Å². The summed E-state index contributed by atoms with van der Waals surface area (Å²) < 4.78 is 4.97. The third-order valence-electron chi connectivity index (χ3n) is 7.05. The second-order valence-electron chi connectivity index (χ2n) is 9.56. The molecule has 0 saturated carbocycles. The molecule has 8 nitrogen and oxygen atoms in total. The zero-order chi connectivity index (χ0) is 27.2. The van der Waals surface area contributed by atoms with Crippen LogP contribution in [0.1, 0.15) is 35.2 Å². The molecule has 2 amide bonds. The molecule has 1 aliphatic rings. The van der Waals surface area contributed by atoms with Gasteiger partial charge >= 0.3 is 6.09 Å². The highest BCUT2D eigenvalue weighted by Crippen LogP contribution is 2.32. The molecule has 0 aliphatic carbocycles. The predicted octanol–water partition coefficient (Wildman–Crippen LogP) is 5.17. The number of aliphatic hydroxyl groups excluding tert-OH is 1. The number of fused-ring (bicyclic) bond motifs is 1. The van der Waals surface area contributed by atoms with Crippen LogP contribution >= 0.6 is 0 Å². The number of ether oxygens (including phenoxy) is 1. The lowest BCUT2D eigenvalue weighted by atomic mass is 9.93. The highest BCUT2D eigenvalue weighted by molar-refractivity contribution is 6.10. The van der Waals surface area contributed by atoms with Crippen LogP contribution in [0.4, 0.5) is 10.5 Å². The molecule has 0 bridgehead atoms. The maximum absolute atomic E-state index is 14.1. The number of pyridine rings is 1. The number of piperidine rings is 1. The first-order chi connectivity index (χ1) is 19.1. The Morgan fingerprint density at radius 3 is 2.28 bits per heavy atom. The molecule has 8 heteroatoms. The van der Waals surface area contributed by atoms with E-state index in [1.54, 1.807) is 24.3 Å². The lowest BCUT2D eigenvalue weighted by Gasteiger charge is -2.32. The fraction of sp³-hybridized carbons (Fsp3) is 0.258. The summed E-state index contributed by atoms with van der Waals surface area (Å²) in [5.74, 6) is -0.499. The van der Waals surface area contributed by atoms with E-state index in [0.29, 0.717) is 33.4 Å². The summed E-state index contributed by atoms with van der Waals surface area (Å²) in [6.07, 6.45) is 1.88. The van der Waals surface area contributed by atoms with Gasteiger partial charge in [0.2, 0.25) is 0 Å². The van der Waals surface area contributed by atoms with Gasteiger partial charge in [0, 0.05) is 30.5 Å². The minimum absolute atomic E-state index is 0.203. The molecule has 3 aromatic carbocycles. The molecule has 39 heavy (non-hydrogen) atoms. The van der Waals surface area contributed by atoms with E-state index >= 15 is 0 Å². The lowest BCUT2D eigenvalue weighted by molar-refractivity contribution is -0.00699. The largest absolute Gasteiger partial charge is 0.451 e. The van der Waals surface area contributed by atoms with Crippen molar-refractivity contribution in [2.45, 2.75) is 31.9 Å². The van der Waals surface area contributed by atoms with Crippen molar-refractivity contribution in [3.05, 3.63) is 96.1 Å². The molecule has 0 spiro atoms. The molecular weight excluding hydrogens is 492 g/mol. The number of para-hydroxylation sites is 2. The Morgan fingerprint density at radius 1 is 0.949 bits per heavy atom. The number of rotatable bonds is 6. The van der Waals surface area contributed by atoms with Crippen molar-refractivity contribution >= 4 is 28.6 Å². The second kappa shape index (κ2) is 12.1. The molecule has 0 radical (unpaired) electrons. The summed E-state index contributed by atoms with van der Waals surface area (Å²) in [6, 6.07) is 25.9. The van der Waals surface area contributed by atoms with Gasteiger partial charge in [-0.15, -0.1) is 0 Å². The second-order valence-corrected chi connectivity index (χ2v) is 9.56. The molecule has 4 aromatic rings. The van der Waals surface area contributed by atoms with Gasteiger partial charge < -0.3 is 9.84 Å². The van der Waals surface area contributed by atoms with Crippen molar-refractivity contribution < 1.29 is 19.4 Å². The first-order valence-electron chi connectivity index (χ1n) is 13.2. The standard InChI is InChI=1S/C31H32N4O4/c1-39-31(38)35(23-15-7-3-8-16-23)33-30(37)28-24-17-9-10-18-26(24)32-29(22-13-5-2-6-14-22)25(28)21-27(36)34-19-11-4-12-20-34/h2-3,5-10,13-18,27,36H,4,11-12,19-21H2,1H3,(H,33,37). The number of aliphatic hydroxyl groups is 1. The van der Waals surface area contributed by atoms with Gasteiger partial charge in [-0.2, -0.15) is 5.01 Å². The number of hydrazine groups is 1. The summed E-state index contributed by atoms with van der Waals surface area (Å²) >= 11 is 0. The SMILES string of the molecule is COC(=O)N(NC(=O)c1c(CC(O)N2CCCCC2)c(-c2ccccc2)nc2ccccc12)c1ccccc1. The van der Waals surface area contributed by atoms with E-state index in [1.807, 2.05) is 60.7 Å². The molecule has 200 valence electrons. The maximum Gasteiger partial charge on any atom is 0.433 e. The van der Waals surface area contributed by atoms with Crippen molar-refractivity contribution in [3.8, 4) is 11.3 Å². The number of nitrogens with one attached hydrogen (secondary N) is 1. The Morgan fingerprint density at radius 2 is 1.59 bits per heavy atom. The van der Waals surface area contributed by atoms with Gasteiger partial charge in [0.1, 0.15) is 6.23 Å². The van der Waals surface area contributed by atoms with Crippen LogP contribution < -0.4 is 10.4 Å². The number of carbonyl (C=O) groups excluding carboxylic acids is 2. The molecule has 2 N–H and O–H groups in total. The fourth-order valence-corrected chi connectivity index (χ4v) is 5.11. The van der Waals surface area contributed by atoms with Crippen molar-refractivity contribution in [3.63, 3.8) is 0 Å². The molecule has 2 heterocycles. The summed E-state index contributed by atoms with van der Waals surface area (Å²) in [5.41, 5.74) is 6.30. The first kappa shape index (κ1) is 26.3. The molecule has 1 saturated heterocycles. The van der Waals surface area contributed by atoms with Crippen molar-refractivity contribution in [1.29, 1.82) is 0 Å². The molecule has 1 fully saturated rings. The minimum Gasteiger partial charge on any atom is -0.451 e. The number of hydrogen-bond acceptors (Lipinski definition) is 6. The molecule has 1 unspecified atom stereocenters. The number of benzene rings is 3. The van der Waals surface area contributed by atoms with Gasteiger partial charge in [-0.1, -0.05) is 73.2 Å². The normalized spacial score (nSPS) is 14.5. The van der Waals surface area contributed by atoms with Gasteiger partial charge in [0.05, 0.1) is 29.6 Å². The summed E-state index contributed by atoms with van der Waals surface area (Å²) in [6.45, 7) is 1.60. The highest BCUT2D eigenvalue weighted by Gasteiger charge is 2.28. The van der Waals surface area contributed by atoms with Crippen molar-refractivity contribution in [1.82, 2.24) is 15.3 Å². The molecular formula is C31H32N4O4. The average molecular weight is 525 g/mol. The minimum atomic E-state index is -0.784. The number of hydrogen-bond donors (Lipinski definition) is 2. The number of likely N-dealkylation sites (tertiary alicyclic amines) is 1. The predicted molar refractivity (Wildman–Crippen MR) is 151 cm³/mol. The third kappa shape index (κ3) is 5.77. The van der Waals surface area contributed by atoms with Crippen LogP contribution in [-0.2, 0) is 11.2 Å². The van der Waals surface area contributed by atoms with E-state index in [9.17, 15) is 14.7 Å². The Bertz CT molecular complexity index is 1440. The number of anilines is 1. The number of aromatic nitrogens is 1.